The van der Waals surface area contributed by atoms with Crippen LogP contribution in [0.15, 0.2) is 29.8 Å². The fourth-order valence-electron chi connectivity index (χ4n) is 2.17. The van der Waals surface area contributed by atoms with Crippen molar-refractivity contribution in [1.82, 2.24) is 9.80 Å². The molecule has 1 fully saturated rings. The molecule has 1 aromatic carbocycles. The lowest BCUT2D eigenvalue weighted by Crippen LogP contribution is -2.47. The van der Waals surface area contributed by atoms with Crippen LogP contribution in [-0.2, 0) is 0 Å². The molecule has 0 atom stereocenters. The summed E-state index contributed by atoms with van der Waals surface area (Å²) < 4.78 is 0. The van der Waals surface area contributed by atoms with Crippen LogP contribution in [0, 0.1) is 22.7 Å². The second-order valence-electron chi connectivity index (χ2n) is 5.00. The average molecular weight is 280 g/mol. The lowest BCUT2D eigenvalue weighted by molar-refractivity contribution is 0.0664. The van der Waals surface area contributed by atoms with Gasteiger partial charge in [-0.15, -0.1) is 0 Å². The summed E-state index contributed by atoms with van der Waals surface area (Å²) in [6, 6.07) is 10.6. The van der Waals surface area contributed by atoms with Gasteiger partial charge in [0.05, 0.1) is 0 Å². The van der Waals surface area contributed by atoms with E-state index in [1.807, 2.05) is 24.1 Å². The van der Waals surface area contributed by atoms with Gasteiger partial charge in [-0.1, -0.05) is 12.1 Å². The van der Waals surface area contributed by atoms with Crippen molar-refractivity contribution < 1.29 is 4.79 Å². The molecule has 0 aromatic heterocycles. The third kappa shape index (κ3) is 3.68. The van der Waals surface area contributed by atoms with Crippen molar-refractivity contribution >= 4 is 12.0 Å². The maximum absolute atomic E-state index is 12.3. The van der Waals surface area contributed by atoms with Crippen LogP contribution < -0.4 is 0 Å². The minimum absolute atomic E-state index is 0.0272. The number of likely N-dealkylation sites (N-methyl/N-ethyl adjacent to an activating group) is 1. The summed E-state index contributed by atoms with van der Waals surface area (Å²) in [6.07, 6.45) is 1.50. The number of nitriles is 2. The Kier molecular flexibility index (Phi) is 4.71. The normalized spacial score (nSPS) is 14.9. The predicted molar refractivity (Wildman–Crippen MR) is 79.0 cm³/mol. The van der Waals surface area contributed by atoms with Crippen molar-refractivity contribution in [2.24, 2.45) is 0 Å². The molecule has 1 amide bonds. The molecule has 21 heavy (non-hydrogen) atoms. The molecule has 106 valence electrons. The molecular formula is C16H16N4O. The first-order valence-corrected chi connectivity index (χ1v) is 6.74. The number of piperazine rings is 1. The summed E-state index contributed by atoms with van der Waals surface area (Å²) in [5, 5.41) is 17.4. The maximum Gasteiger partial charge on any atom is 0.253 e. The quantitative estimate of drug-likeness (QED) is 0.770. The highest BCUT2D eigenvalue weighted by atomic mass is 16.2. The van der Waals surface area contributed by atoms with Crippen LogP contribution in [0.3, 0.4) is 0 Å². The van der Waals surface area contributed by atoms with Crippen molar-refractivity contribution in [1.29, 1.82) is 10.5 Å². The topological polar surface area (TPSA) is 71.1 Å². The van der Waals surface area contributed by atoms with Crippen molar-refractivity contribution in [2.45, 2.75) is 0 Å². The molecule has 1 aliphatic heterocycles. The van der Waals surface area contributed by atoms with Crippen LogP contribution in [0.2, 0.25) is 0 Å². The Morgan fingerprint density at radius 3 is 2.19 bits per heavy atom. The molecule has 0 unspecified atom stereocenters. The van der Waals surface area contributed by atoms with Gasteiger partial charge in [0.2, 0.25) is 0 Å². The minimum atomic E-state index is 0.0272. The number of allylic oxidation sites excluding steroid dienone is 1. The number of hydrogen-bond donors (Lipinski definition) is 0. The van der Waals surface area contributed by atoms with E-state index in [1.165, 1.54) is 6.08 Å². The first-order chi connectivity index (χ1) is 10.1. The Morgan fingerprint density at radius 2 is 1.67 bits per heavy atom. The predicted octanol–water partition coefficient (Wildman–Crippen LogP) is 1.50. The molecule has 1 saturated heterocycles. The fraction of sp³-hybridized carbons (Fsp3) is 0.312. The van der Waals surface area contributed by atoms with Crippen LogP contribution in [-0.4, -0.2) is 48.9 Å². The van der Waals surface area contributed by atoms with Crippen molar-refractivity contribution in [3.8, 4) is 12.1 Å². The molecule has 0 radical (unpaired) electrons. The highest BCUT2D eigenvalue weighted by molar-refractivity contribution is 5.94. The number of amides is 1. The molecule has 0 aliphatic carbocycles. The number of benzene rings is 1. The molecule has 1 aliphatic rings. The lowest BCUT2D eigenvalue weighted by Gasteiger charge is -2.32. The lowest BCUT2D eigenvalue weighted by atomic mass is 10.1. The van der Waals surface area contributed by atoms with Crippen molar-refractivity contribution in [3.05, 3.63) is 41.0 Å². The van der Waals surface area contributed by atoms with Gasteiger partial charge in [0, 0.05) is 31.7 Å². The number of carbonyl (C=O) groups excluding carboxylic acids is 1. The molecule has 2 rings (SSSR count). The zero-order valence-electron chi connectivity index (χ0n) is 11.9. The summed E-state index contributed by atoms with van der Waals surface area (Å²) in [4.78, 5) is 16.4. The van der Waals surface area contributed by atoms with Crippen LogP contribution in [0.25, 0.3) is 6.08 Å². The van der Waals surface area contributed by atoms with E-state index in [1.54, 1.807) is 24.3 Å². The molecule has 1 aromatic rings. The summed E-state index contributed by atoms with van der Waals surface area (Å²) >= 11 is 0. The van der Waals surface area contributed by atoms with Gasteiger partial charge in [0.1, 0.15) is 17.7 Å². The van der Waals surface area contributed by atoms with Crippen molar-refractivity contribution in [3.63, 3.8) is 0 Å². The second-order valence-corrected chi connectivity index (χ2v) is 5.00. The first kappa shape index (κ1) is 14.8. The second kappa shape index (κ2) is 6.69. The van der Waals surface area contributed by atoms with E-state index < -0.39 is 0 Å². The van der Waals surface area contributed by atoms with Gasteiger partial charge in [-0.2, -0.15) is 10.5 Å². The highest BCUT2D eigenvalue weighted by Gasteiger charge is 2.19. The largest absolute Gasteiger partial charge is 0.336 e. The third-order valence-electron chi connectivity index (χ3n) is 3.50. The zero-order chi connectivity index (χ0) is 15.2. The Labute approximate surface area is 124 Å². The number of hydrogen-bond acceptors (Lipinski definition) is 4. The maximum atomic E-state index is 12.3. The Balaban J connectivity index is 2.09. The Hall–Kier alpha value is -2.63. The molecule has 5 nitrogen and oxygen atoms in total. The van der Waals surface area contributed by atoms with E-state index in [4.69, 9.17) is 10.5 Å². The van der Waals surface area contributed by atoms with Crippen LogP contribution >= 0.6 is 0 Å². The minimum Gasteiger partial charge on any atom is -0.336 e. The van der Waals surface area contributed by atoms with Gasteiger partial charge < -0.3 is 9.80 Å². The molecule has 0 bridgehead atoms. The zero-order valence-corrected chi connectivity index (χ0v) is 11.9. The smallest absolute Gasteiger partial charge is 0.253 e. The van der Waals surface area contributed by atoms with Gasteiger partial charge in [-0.3, -0.25) is 4.79 Å². The van der Waals surface area contributed by atoms with E-state index in [0.717, 1.165) is 31.7 Å². The van der Waals surface area contributed by atoms with Crippen LogP contribution in [0.5, 0.6) is 0 Å². The molecule has 5 heteroatoms. The SMILES string of the molecule is CN1CCN(C(=O)c2ccc(C=C(C#N)C#N)cc2)CC1. The fourth-order valence-corrected chi connectivity index (χ4v) is 2.17. The molecule has 0 N–H and O–H groups in total. The van der Waals surface area contributed by atoms with Gasteiger partial charge in [0.15, 0.2) is 0 Å². The van der Waals surface area contributed by atoms with E-state index >= 15 is 0 Å². The first-order valence-electron chi connectivity index (χ1n) is 6.74. The Morgan fingerprint density at radius 1 is 1.10 bits per heavy atom. The van der Waals surface area contributed by atoms with Gasteiger partial charge in [-0.25, -0.2) is 0 Å². The standard InChI is InChI=1S/C16H16N4O/c1-19-6-8-20(9-7-19)16(21)15-4-2-13(3-5-15)10-14(11-17)12-18/h2-5,10H,6-9H2,1H3. The van der Waals surface area contributed by atoms with Gasteiger partial charge >= 0.3 is 0 Å². The average Bonchev–Trinajstić information content (AvgIpc) is 2.53. The number of nitrogens with zero attached hydrogens (tertiary/aromatic N) is 4. The van der Waals surface area contributed by atoms with Crippen molar-refractivity contribution in [2.75, 3.05) is 33.2 Å². The summed E-state index contributed by atoms with van der Waals surface area (Å²) in [7, 11) is 2.05. The summed E-state index contributed by atoms with van der Waals surface area (Å²) in [5.41, 5.74) is 1.42. The van der Waals surface area contributed by atoms with Gasteiger partial charge in [-0.05, 0) is 30.8 Å². The number of rotatable bonds is 2. The molecular weight excluding hydrogens is 264 g/mol. The molecule has 0 saturated carbocycles. The van der Waals surface area contributed by atoms with E-state index in [2.05, 4.69) is 4.90 Å². The van der Waals surface area contributed by atoms with E-state index in [0.29, 0.717) is 5.56 Å². The van der Waals surface area contributed by atoms with Crippen LogP contribution in [0.1, 0.15) is 15.9 Å². The van der Waals surface area contributed by atoms with Gasteiger partial charge in [0.25, 0.3) is 5.91 Å². The Bertz CT molecular complexity index is 610. The molecule has 1 heterocycles. The monoisotopic (exact) mass is 280 g/mol. The summed E-state index contributed by atoms with van der Waals surface area (Å²) in [5.74, 6) is 0.0272. The molecule has 0 spiro atoms. The van der Waals surface area contributed by atoms with E-state index in [-0.39, 0.29) is 11.5 Å². The third-order valence-corrected chi connectivity index (χ3v) is 3.50. The van der Waals surface area contributed by atoms with E-state index in [9.17, 15) is 4.79 Å². The number of carbonyl (C=O) groups is 1. The van der Waals surface area contributed by atoms with Crippen LogP contribution in [0.4, 0.5) is 0 Å². The highest BCUT2D eigenvalue weighted by Crippen LogP contribution is 2.12. The summed E-state index contributed by atoms with van der Waals surface area (Å²) in [6.45, 7) is 3.26.